The van der Waals surface area contributed by atoms with E-state index in [4.69, 9.17) is 4.74 Å². The molecule has 1 spiro atoms. The third-order valence-electron chi connectivity index (χ3n) is 6.47. The number of aromatic amines is 1. The zero-order valence-electron chi connectivity index (χ0n) is 15.8. The van der Waals surface area contributed by atoms with Crippen LogP contribution in [0.5, 0.6) is 0 Å². The highest BCUT2D eigenvalue weighted by molar-refractivity contribution is 5.95. The van der Waals surface area contributed by atoms with Gasteiger partial charge in [-0.1, -0.05) is 12.1 Å². The largest absolute Gasteiger partial charge is 0.369 e. The molecule has 3 fully saturated rings. The maximum atomic E-state index is 13.1. The highest BCUT2D eigenvalue weighted by atomic mass is 16.5. The minimum Gasteiger partial charge on any atom is -0.369 e. The number of rotatable bonds is 4. The fourth-order valence-electron chi connectivity index (χ4n) is 5.31. The average molecular weight is 367 g/mol. The van der Waals surface area contributed by atoms with Gasteiger partial charge in [-0.05, 0) is 39.1 Å². The molecule has 7 heteroatoms. The molecule has 4 atom stereocenters. The van der Waals surface area contributed by atoms with Gasteiger partial charge in [0.05, 0.1) is 18.2 Å². The van der Waals surface area contributed by atoms with Crippen LogP contribution in [0.25, 0.3) is 11.4 Å². The van der Waals surface area contributed by atoms with Crippen LogP contribution in [0, 0.1) is 11.8 Å². The zero-order valence-corrected chi connectivity index (χ0v) is 15.8. The summed E-state index contributed by atoms with van der Waals surface area (Å²) >= 11 is 0. The van der Waals surface area contributed by atoms with E-state index in [0.29, 0.717) is 29.3 Å². The van der Waals surface area contributed by atoms with E-state index in [9.17, 15) is 4.79 Å². The molecule has 1 N–H and O–H groups in total. The van der Waals surface area contributed by atoms with Crippen LogP contribution >= 0.6 is 0 Å². The normalized spacial score (nSPS) is 31.7. The summed E-state index contributed by atoms with van der Waals surface area (Å²) in [5.74, 6) is 1.79. The smallest absolute Gasteiger partial charge is 0.253 e. The van der Waals surface area contributed by atoms with Crippen LogP contribution in [0.3, 0.4) is 0 Å². The lowest BCUT2D eigenvalue weighted by atomic mass is 9.73. The molecule has 1 aromatic heterocycles. The molecule has 2 bridgehead atoms. The van der Waals surface area contributed by atoms with Crippen LogP contribution in [-0.4, -0.2) is 76.3 Å². The highest BCUT2D eigenvalue weighted by Gasteiger charge is 2.63. The van der Waals surface area contributed by atoms with Gasteiger partial charge < -0.3 is 14.5 Å². The Hall–Kier alpha value is -2.25. The van der Waals surface area contributed by atoms with Crippen molar-refractivity contribution >= 4 is 5.91 Å². The number of nitrogens with one attached hydrogen (secondary N) is 1. The number of likely N-dealkylation sites (tertiary alicyclic amines) is 1. The molecule has 4 heterocycles. The van der Waals surface area contributed by atoms with Crippen molar-refractivity contribution in [2.45, 2.75) is 24.5 Å². The summed E-state index contributed by atoms with van der Waals surface area (Å²) < 4.78 is 6.44. The lowest BCUT2D eigenvalue weighted by Crippen LogP contribution is -2.40. The second-order valence-corrected chi connectivity index (χ2v) is 8.39. The molecule has 7 nitrogen and oxygen atoms in total. The van der Waals surface area contributed by atoms with E-state index in [0.717, 1.165) is 38.0 Å². The average Bonchev–Trinajstić information content (AvgIpc) is 3.43. The molecule has 3 saturated heterocycles. The van der Waals surface area contributed by atoms with Gasteiger partial charge in [-0.15, -0.1) is 0 Å². The fourth-order valence-corrected chi connectivity index (χ4v) is 5.31. The molecule has 0 saturated carbocycles. The van der Waals surface area contributed by atoms with Gasteiger partial charge in [-0.2, -0.15) is 5.10 Å². The molecule has 2 aromatic rings. The molecule has 3 aliphatic rings. The molecule has 27 heavy (non-hydrogen) atoms. The Bertz CT molecular complexity index is 835. The first kappa shape index (κ1) is 16.9. The van der Waals surface area contributed by atoms with E-state index in [2.05, 4.69) is 34.2 Å². The van der Waals surface area contributed by atoms with Crippen LogP contribution in [-0.2, 0) is 4.74 Å². The summed E-state index contributed by atoms with van der Waals surface area (Å²) in [6.07, 6.45) is 4.06. The maximum absolute atomic E-state index is 13.1. The monoisotopic (exact) mass is 367 g/mol. The van der Waals surface area contributed by atoms with Crippen molar-refractivity contribution < 1.29 is 9.53 Å². The Morgan fingerprint density at radius 1 is 1.37 bits per heavy atom. The van der Waals surface area contributed by atoms with Crippen molar-refractivity contribution in [3.63, 3.8) is 0 Å². The molecule has 142 valence electrons. The van der Waals surface area contributed by atoms with Crippen molar-refractivity contribution in [3.05, 3.63) is 36.2 Å². The number of ether oxygens (including phenoxy) is 1. The summed E-state index contributed by atoms with van der Waals surface area (Å²) in [6, 6.07) is 7.59. The van der Waals surface area contributed by atoms with Gasteiger partial charge in [0.2, 0.25) is 0 Å². The number of fused-ring (bicyclic) bond motifs is 1. The second kappa shape index (κ2) is 6.14. The van der Waals surface area contributed by atoms with Crippen molar-refractivity contribution in [2.24, 2.45) is 11.8 Å². The summed E-state index contributed by atoms with van der Waals surface area (Å²) in [4.78, 5) is 21.5. The number of amides is 1. The predicted octanol–water partition coefficient (Wildman–Crippen LogP) is 1.65. The zero-order chi connectivity index (χ0) is 18.6. The maximum Gasteiger partial charge on any atom is 0.253 e. The van der Waals surface area contributed by atoms with E-state index in [1.165, 1.54) is 6.33 Å². The van der Waals surface area contributed by atoms with Gasteiger partial charge in [0.1, 0.15) is 6.33 Å². The van der Waals surface area contributed by atoms with E-state index in [1.54, 1.807) is 0 Å². The minimum absolute atomic E-state index is 0.0959. The van der Waals surface area contributed by atoms with Gasteiger partial charge in [0, 0.05) is 36.1 Å². The Balaban J connectivity index is 1.33. The highest BCUT2D eigenvalue weighted by Crippen LogP contribution is 2.55. The lowest BCUT2D eigenvalue weighted by molar-refractivity contribution is 0.00256. The first-order chi connectivity index (χ1) is 13.1. The number of carbonyl (C=O) groups is 1. The number of benzene rings is 1. The Kier molecular flexibility index (Phi) is 3.84. The van der Waals surface area contributed by atoms with E-state index >= 15 is 0 Å². The topological polar surface area (TPSA) is 74.4 Å². The van der Waals surface area contributed by atoms with E-state index in [-0.39, 0.29) is 11.5 Å². The summed E-state index contributed by atoms with van der Waals surface area (Å²) in [5, 5.41) is 6.72. The third kappa shape index (κ3) is 2.68. The van der Waals surface area contributed by atoms with Gasteiger partial charge in [0.25, 0.3) is 5.91 Å². The Morgan fingerprint density at radius 2 is 2.19 bits per heavy atom. The van der Waals surface area contributed by atoms with E-state index in [1.807, 2.05) is 29.2 Å². The molecule has 0 radical (unpaired) electrons. The molecule has 0 unspecified atom stereocenters. The van der Waals surface area contributed by atoms with Gasteiger partial charge in [0.15, 0.2) is 5.82 Å². The predicted molar refractivity (Wildman–Crippen MR) is 100 cm³/mol. The Labute approximate surface area is 158 Å². The molecular weight excluding hydrogens is 342 g/mol. The van der Waals surface area contributed by atoms with Crippen LogP contribution < -0.4 is 0 Å². The third-order valence-corrected chi connectivity index (χ3v) is 6.47. The quantitative estimate of drug-likeness (QED) is 0.890. The standard InChI is InChI=1S/C20H25N5O2/c1-24(2)9-15-16-10-25(11-20(16)8-7-17(15)27-20)19(26)14-5-3-13(4-6-14)18-21-12-22-23-18/h3-6,12,15-17H,7-11H2,1-2H3,(H,21,22,23)/t15-,16+,17+,20+/m1/s1. The molecule has 3 aliphatic heterocycles. The second-order valence-electron chi connectivity index (χ2n) is 8.39. The van der Waals surface area contributed by atoms with Crippen molar-refractivity contribution in [1.82, 2.24) is 25.0 Å². The van der Waals surface area contributed by atoms with E-state index < -0.39 is 0 Å². The molecule has 0 aliphatic carbocycles. The Morgan fingerprint density at radius 3 is 2.89 bits per heavy atom. The van der Waals surface area contributed by atoms with Crippen LogP contribution in [0.15, 0.2) is 30.6 Å². The fraction of sp³-hybridized carbons (Fsp3) is 0.550. The number of aromatic nitrogens is 3. The number of nitrogens with zero attached hydrogens (tertiary/aromatic N) is 4. The molecular formula is C20H25N5O2. The van der Waals surface area contributed by atoms with Crippen LogP contribution in [0.1, 0.15) is 23.2 Å². The van der Waals surface area contributed by atoms with Crippen LogP contribution in [0.2, 0.25) is 0 Å². The summed E-state index contributed by atoms with van der Waals surface area (Å²) in [7, 11) is 4.24. The molecule has 1 aromatic carbocycles. The van der Waals surface area contributed by atoms with Gasteiger partial charge in [-0.3, -0.25) is 9.89 Å². The SMILES string of the molecule is CN(C)C[C@H]1[C@@H]2CC[C@@]3(CN(C(=O)c4ccc(-c5ncn[nH]5)cc4)C[C@@H]13)O2. The molecule has 1 amide bonds. The first-order valence-corrected chi connectivity index (χ1v) is 9.63. The lowest BCUT2D eigenvalue weighted by Gasteiger charge is -2.30. The van der Waals surface area contributed by atoms with Crippen molar-refractivity contribution in [1.29, 1.82) is 0 Å². The number of H-pyrrole nitrogens is 1. The summed E-state index contributed by atoms with van der Waals surface area (Å²) in [6.45, 7) is 2.56. The van der Waals surface area contributed by atoms with Crippen molar-refractivity contribution in [2.75, 3.05) is 33.7 Å². The first-order valence-electron chi connectivity index (χ1n) is 9.63. The molecule has 5 rings (SSSR count). The number of hydrogen-bond acceptors (Lipinski definition) is 5. The number of hydrogen-bond donors (Lipinski definition) is 1. The van der Waals surface area contributed by atoms with Gasteiger partial charge in [-0.25, -0.2) is 4.98 Å². The van der Waals surface area contributed by atoms with Gasteiger partial charge >= 0.3 is 0 Å². The summed E-state index contributed by atoms with van der Waals surface area (Å²) in [5.41, 5.74) is 1.53. The van der Waals surface area contributed by atoms with Crippen molar-refractivity contribution in [3.8, 4) is 11.4 Å². The van der Waals surface area contributed by atoms with Crippen LogP contribution in [0.4, 0.5) is 0 Å². The number of carbonyl (C=O) groups excluding carboxylic acids is 1. The minimum atomic E-state index is -0.110.